The van der Waals surface area contributed by atoms with Crippen molar-refractivity contribution < 1.29 is 23.8 Å². The van der Waals surface area contributed by atoms with Crippen LogP contribution in [0.1, 0.15) is 39.0 Å². The zero-order valence-corrected chi connectivity index (χ0v) is 13.0. The molecular formula is C15H20O5S. The summed E-state index contributed by atoms with van der Waals surface area (Å²) >= 11 is 3.67. The van der Waals surface area contributed by atoms with E-state index in [9.17, 15) is 9.59 Å². The molecule has 0 heterocycles. The number of hydrogen-bond donors (Lipinski definition) is 1. The lowest BCUT2D eigenvalue weighted by atomic mass is 9.52. The van der Waals surface area contributed by atoms with E-state index in [4.69, 9.17) is 14.2 Å². The first-order valence-corrected chi connectivity index (χ1v) is 7.81. The van der Waals surface area contributed by atoms with Crippen LogP contribution in [-0.4, -0.2) is 30.3 Å². The summed E-state index contributed by atoms with van der Waals surface area (Å²) in [5.41, 5.74) is 0.614. The van der Waals surface area contributed by atoms with E-state index in [0.29, 0.717) is 25.6 Å². The van der Waals surface area contributed by atoms with E-state index < -0.39 is 17.1 Å². The van der Waals surface area contributed by atoms with E-state index in [-0.39, 0.29) is 5.41 Å². The highest BCUT2D eigenvalue weighted by Gasteiger charge is 2.56. The smallest absolute Gasteiger partial charge is 0.457 e. The second-order valence-corrected chi connectivity index (χ2v) is 6.90. The number of carbonyl (C=O) groups is 2. The molecule has 0 saturated heterocycles. The molecule has 0 amide bonds. The van der Waals surface area contributed by atoms with Gasteiger partial charge in [-0.3, -0.25) is 0 Å². The van der Waals surface area contributed by atoms with Gasteiger partial charge in [0.15, 0.2) is 0 Å². The van der Waals surface area contributed by atoms with Crippen molar-refractivity contribution in [2.24, 2.45) is 11.3 Å². The number of rotatable bonds is 4. The Morgan fingerprint density at radius 2 is 2.19 bits per heavy atom. The Bertz CT molecular complexity index is 502. The third-order valence-corrected chi connectivity index (χ3v) is 4.83. The van der Waals surface area contributed by atoms with Crippen molar-refractivity contribution in [2.75, 3.05) is 13.2 Å². The maximum atomic E-state index is 11.7. The SMILES string of the molecule is CCOC(=O)OC12C=C3CC(CC(COC(=O)S)(C3)C1)C2. The van der Waals surface area contributed by atoms with Crippen LogP contribution < -0.4 is 0 Å². The Hall–Kier alpha value is -1.17. The minimum Gasteiger partial charge on any atom is -0.457 e. The molecule has 0 aliphatic heterocycles. The van der Waals surface area contributed by atoms with E-state index in [1.54, 1.807) is 6.92 Å². The third-order valence-electron chi connectivity index (χ3n) is 4.70. The maximum absolute atomic E-state index is 11.7. The molecule has 6 heteroatoms. The van der Waals surface area contributed by atoms with Gasteiger partial charge < -0.3 is 14.2 Å². The van der Waals surface area contributed by atoms with E-state index >= 15 is 0 Å². The van der Waals surface area contributed by atoms with Gasteiger partial charge in [-0.1, -0.05) is 18.2 Å². The minimum absolute atomic E-state index is 0.115. The maximum Gasteiger partial charge on any atom is 0.509 e. The summed E-state index contributed by atoms with van der Waals surface area (Å²) in [7, 11) is 0. The third kappa shape index (κ3) is 2.91. The molecule has 0 radical (unpaired) electrons. The lowest BCUT2D eigenvalue weighted by Gasteiger charge is -2.56. The molecule has 2 fully saturated rings. The van der Waals surface area contributed by atoms with E-state index in [1.807, 2.05) is 0 Å². The van der Waals surface area contributed by atoms with E-state index in [0.717, 1.165) is 25.7 Å². The molecule has 0 spiro atoms. The quantitative estimate of drug-likeness (QED) is 0.489. The normalized spacial score (nSPS) is 36.1. The lowest BCUT2D eigenvalue weighted by molar-refractivity contribution is -0.106. The molecule has 4 rings (SSSR count). The van der Waals surface area contributed by atoms with Gasteiger partial charge >= 0.3 is 11.5 Å². The molecule has 3 atom stereocenters. The number of carbonyl (C=O) groups excluding carboxylic acids is 2. The molecular weight excluding hydrogens is 292 g/mol. The number of thiol groups is 1. The van der Waals surface area contributed by atoms with E-state index in [1.165, 1.54) is 5.57 Å². The van der Waals surface area contributed by atoms with Crippen LogP contribution in [0.3, 0.4) is 0 Å². The zero-order valence-electron chi connectivity index (χ0n) is 12.1. The average Bonchev–Trinajstić information content (AvgIpc) is 2.34. The average molecular weight is 312 g/mol. The van der Waals surface area contributed by atoms with Crippen LogP contribution in [0.2, 0.25) is 0 Å². The first-order chi connectivity index (χ1) is 9.94. The van der Waals surface area contributed by atoms with Crippen LogP contribution in [0.15, 0.2) is 11.6 Å². The van der Waals surface area contributed by atoms with Crippen molar-refractivity contribution in [2.45, 2.75) is 44.6 Å². The standard InChI is InChI=1S/C15H20O5S/c1-2-18-12(16)20-15-6-10-3-11(7-15)5-14(4-10,8-15)9-19-13(17)21/h6,11H,2-5,7-9H2,1H3,(H,17,21). The van der Waals surface area contributed by atoms with Crippen molar-refractivity contribution in [3.8, 4) is 0 Å². The summed E-state index contributed by atoms with van der Waals surface area (Å²) in [6.07, 6.45) is 6.01. The number of hydrogen-bond acceptors (Lipinski definition) is 5. The largest absolute Gasteiger partial charge is 0.509 e. The van der Waals surface area contributed by atoms with Crippen molar-refractivity contribution in [3.63, 3.8) is 0 Å². The van der Waals surface area contributed by atoms with Crippen molar-refractivity contribution in [3.05, 3.63) is 11.6 Å². The summed E-state index contributed by atoms with van der Waals surface area (Å²) in [6, 6.07) is 0. The fourth-order valence-corrected chi connectivity index (χ4v) is 4.61. The summed E-state index contributed by atoms with van der Waals surface area (Å²) < 4.78 is 15.7. The fraction of sp³-hybridized carbons (Fsp3) is 0.733. The highest BCUT2D eigenvalue weighted by Crippen LogP contribution is 2.60. The molecule has 4 bridgehead atoms. The monoisotopic (exact) mass is 312 g/mol. The van der Waals surface area contributed by atoms with Crippen LogP contribution in [0.5, 0.6) is 0 Å². The highest BCUT2D eigenvalue weighted by molar-refractivity contribution is 7.96. The first-order valence-electron chi connectivity index (χ1n) is 7.36. The Morgan fingerprint density at radius 1 is 1.38 bits per heavy atom. The second kappa shape index (κ2) is 5.23. The van der Waals surface area contributed by atoms with Crippen molar-refractivity contribution >= 4 is 24.1 Å². The zero-order chi connectivity index (χ0) is 15.1. The van der Waals surface area contributed by atoms with Crippen LogP contribution in [0.4, 0.5) is 9.59 Å². The van der Waals surface area contributed by atoms with Gasteiger partial charge in [0.05, 0.1) is 13.2 Å². The number of allylic oxidation sites excluding steroid dienone is 1. The van der Waals surface area contributed by atoms with Crippen molar-refractivity contribution in [1.82, 2.24) is 0 Å². The highest BCUT2D eigenvalue weighted by atomic mass is 32.1. The van der Waals surface area contributed by atoms with Gasteiger partial charge in [-0.05, 0) is 44.6 Å². The topological polar surface area (TPSA) is 61.8 Å². The molecule has 0 aromatic rings. The van der Waals surface area contributed by atoms with Gasteiger partial charge in [0.1, 0.15) is 5.60 Å². The summed E-state index contributed by atoms with van der Waals surface area (Å²) in [6.45, 7) is 2.40. The minimum atomic E-state index is -0.613. The Kier molecular flexibility index (Phi) is 3.67. The van der Waals surface area contributed by atoms with Crippen LogP contribution in [-0.2, 0) is 14.2 Å². The second-order valence-electron chi connectivity index (χ2n) is 6.54. The molecule has 2 saturated carbocycles. The molecule has 0 aromatic heterocycles. The Labute approximate surface area is 129 Å². The van der Waals surface area contributed by atoms with Gasteiger partial charge in [-0.2, -0.15) is 0 Å². The fourth-order valence-electron chi connectivity index (χ4n) is 4.54. The molecule has 116 valence electrons. The van der Waals surface area contributed by atoms with Crippen LogP contribution >= 0.6 is 12.6 Å². The molecule has 4 aliphatic rings. The predicted octanol–water partition coefficient (Wildman–Crippen LogP) is 3.49. The molecule has 3 unspecified atom stereocenters. The van der Waals surface area contributed by atoms with Gasteiger partial charge in [-0.25, -0.2) is 9.59 Å². The van der Waals surface area contributed by atoms with Gasteiger partial charge in [0.25, 0.3) is 0 Å². The summed E-state index contributed by atoms with van der Waals surface area (Å²) in [5.74, 6) is 0.487. The molecule has 0 aromatic carbocycles. The van der Waals surface area contributed by atoms with E-state index in [2.05, 4.69) is 18.7 Å². The van der Waals surface area contributed by atoms with Crippen LogP contribution in [0.25, 0.3) is 0 Å². The van der Waals surface area contributed by atoms with Gasteiger partial charge in [0.2, 0.25) is 0 Å². The molecule has 4 aliphatic carbocycles. The lowest BCUT2D eigenvalue weighted by Crippen LogP contribution is -2.54. The van der Waals surface area contributed by atoms with Crippen LogP contribution in [0, 0.1) is 11.3 Å². The Morgan fingerprint density at radius 3 is 2.86 bits per heavy atom. The Balaban J connectivity index is 1.79. The molecule has 21 heavy (non-hydrogen) atoms. The van der Waals surface area contributed by atoms with Gasteiger partial charge in [-0.15, -0.1) is 0 Å². The number of ether oxygens (including phenoxy) is 3. The van der Waals surface area contributed by atoms with Gasteiger partial charge in [0, 0.05) is 11.8 Å². The molecule has 5 nitrogen and oxygen atoms in total. The summed E-state index contributed by atoms with van der Waals surface area (Å²) in [5, 5.41) is -0.555. The first kappa shape index (κ1) is 14.8. The summed E-state index contributed by atoms with van der Waals surface area (Å²) in [4.78, 5) is 22.7. The molecule has 0 N–H and O–H groups in total. The van der Waals surface area contributed by atoms with Crippen molar-refractivity contribution in [1.29, 1.82) is 0 Å². The predicted molar refractivity (Wildman–Crippen MR) is 78.3 cm³/mol.